The molecule has 21 heavy (non-hydrogen) atoms. The molecular formula is C16H25ClN2O2. The van der Waals surface area contributed by atoms with E-state index in [0.29, 0.717) is 6.04 Å². The number of benzene rings is 1. The Bertz CT molecular complexity index is 456. The molecule has 1 aliphatic heterocycles. The highest BCUT2D eigenvalue weighted by Gasteiger charge is 2.33. The van der Waals surface area contributed by atoms with Gasteiger partial charge in [-0.05, 0) is 17.7 Å². The minimum atomic E-state index is 0.0971. The van der Waals surface area contributed by atoms with Crippen LogP contribution in [0.3, 0.4) is 0 Å². The highest BCUT2D eigenvalue weighted by atomic mass is 35.5. The van der Waals surface area contributed by atoms with Crippen LogP contribution in [0.15, 0.2) is 18.2 Å². The molecule has 1 aromatic carbocycles. The van der Waals surface area contributed by atoms with Gasteiger partial charge in [-0.15, -0.1) is 0 Å². The van der Waals surface area contributed by atoms with E-state index in [1.54, 1.807) is 14.2 Å². The van der Waals surface area contributed by atoms with Crippen LogP contribution in [0.1, 0.15) is 19.4 Å². The van der Waals surface area contributed by atoms with E-state index < -0.39 is 0 Å². The largest absolute Gasteiger partial charge is 0.377 e. The number of anilines is 1. The van der Waals surface area contributed by atoms with Crippen LogP contribution >= 0.6 is 11.6 Å². The molecule has 0 aliphatic carbocycles. The third kappa shape index (κ3) is 4.10. The first-order valence-electron chi connectivity index (χ1n) is 7.37. The van der Waals surface area contributed by atoms with Crippen LogP contribution in [0.2, 0.25) is 5.02 Å². The van der Waals surface area contributed by atoms with Gasteiger partial charge in [0, 0.05) is 50.6 Å². The minimum Gasteiger partial charge on any atom is -0.377 e. The lowest BCUT2D eigenvalue weighted by Crippen LogP contribution is -2.27. The molecule has 0 radical (unpaired) electrons. The van der Waals surface area contributed by atoms with Gasteiger partial charge in [0.1, 0.15) is 12.2 Å². The highest BCUT2D eigenvalue weighted by Crippen LogP contribution is 2.29. The van der Waals surface area contributed by atoms with Crippen LogP contribution in [-0.2, 0) is 16.0 Å². The number of nitrogens with one attached hydrogen (secondary N) is 1. The van der Waals surface area contributed by atoms with E-state index in [1.807, 2.05) is 12.1 Å². The lowest BCUT2D eigenvalue weighted by molar-refractivity contribution is -0.00461. The van der Waals surface area contributed by atoms with Crippen molar-refractivity contribution in [3.8, 4) is 0 Å². The first-order valence-corrected chi connectivity index (χ1v) is 7.75. The van der Waals surface area contributed by atoms with Crippen molar-refractivity contribution in [1.29, 1.82) is 0 Å². The van der Waals surface area contributed by atoms with E-state index >= 15 is 0 Å². The maximum absolute atomic E-state index is 6.19. The summed E-state index contributed by atoms with van der Waals surface area (Å²) in [6.45, 7) is 6.77. The maximum atomic E-state index is 6.19. The Labute approximate surface area is 132 Å². The number of ether oxygens (including phenoxy) is 2. The summed E-state index contributed by atoms with van der Waals surface area (Å²) in [5, 5.41) is 4.22. The zero-order valence-electron chi connectivity index (χ0n) is 13.2. The second-order valence-corrected chi connectivity index (χ2v) is 6.20. The fourth-order valence-electron chi connectivity index (χ4n) is 2.69. The zero-order chi connectivity index (χ0) is 15.4. The van der Waals surface area contributed by atoms with E-state index in [9.17, 15) is 0 Å². The summed E-state index contributed by atoms with van der Waals surface area (Å²) in [7, 11) is 3.47. The summed E-state index contributed by atoms with van der Waals surface area (Å²) >= 11 is 6.19. The van der Waals surface area contributed by atoms with E-state index in [0.717, 1.165) is 30.3 Å². The molecule has 0 bridgehead atoms. The smallest absolute Gasteiger partial charge is 0.102 e. The van der Waals surface area contributed by atoms with Gasteiger partial charge in [0.15, 0.2) is 0 Å². The Morgan fingerprint density at radius 3 is 2.38 bits per heavy atom. The SMILES string of the molecule is COC1CN(c2cc(Cl)ccc2CNC(C)C)CC1OC. The maximum Gasteiger partial charge on any atom is 0.102 e. The molecule has 1 aliphatic rings. The first kappa shape index (κ1) is 16.6. The number of methoxy groups -OCH3 is 2. The number of halogens is 1. The number of hydrogen-bond donors (Lipinski definition) is 1. The summed E-state index contributed by atoms with van der Waals surface area (Å²) in [5.74, 6) is 0. The lowest BCUT2D eigenvalue weighted by atomic mass is 10.1. The van der Waals surface area contributed by atoms with E-state index in [1.165, 1.54) is 5.56 Å². The molecule has 2 atom stereocenters. The molecule has 1 saturated heterocycles. The Morgan fingerprint density at radius 1 is 1.24 bits per heavy atom. The predicted molar refractivity (Wildman–Crippen MR) is 87.2 cm³/mol. The molecule has 0 spiro atoms. The minimum absolute atomic E-state index is 0.0971. The molecule has 4 nitrogen and oxygen atoms in total. The third-order valence-electron chi connectivity index (χ3n) is 3.91. The Kier molecular flexibility index (Phi) is 5.88. The first-order chi connectivity index (χ1) is 10.0. The van der Waals surface area contributed by atoms with Gasteiger partial charge in [-0.25, -0.2) is 0 Å². The van der Waals surface area contributed by atoms with Crippen LogP contribution in [0.4, 0.5) is 5.69 Å². The van der Waals surface area contributed by atoms with Crippen molar-refractivity contribution in [3.05, 3.63) is 28.8 Å². The molecule has 0 amide bonds. The molecule has 1 heterocycles. The molecule has 5 heteroatoms. The van der Waals surface area contributed by atoms with Crippen molar-refractivity contribution in [2.24, 2.45) is 0 Å². The molecular weight excluding hydrogens is 288 g/mol. The van der Waals surface area contributed by atoms with Gasteiger partial charge < -0.3 is 19.7 Å². The fraction of sp³-hybridized carbons (Fsp3) is 0.625. The van der Waals surface area contributed by atoms with Gasteiger partial charge in [-0.1, -0.05) is 31.5 Å². The van der Waals surface area contributed by atoms with Gasteiger partial charge in [0.25, 0.3) is 0 Å². The van der Waals surface area contributed by atoms with Crippen molar-refractivity contribution < 1.29 is 9.47 Å². The van der Waals surface area contributed by atoms with Gasteiger partial charge in [-0.2, -0.15) is 0 Å². The Morgan fingerprint density at radius 2 is 1.86 bits per heavy atom. The normalized spacial score (nSPS) is 22.3. The van der Waals surface area contributed by atoms with Crippen LogP contribution in [0.5, 0.6) is 0 Å². The predicted octanol–water partition coefficient (Wildman–Crippen LogP) is 2.69. The summed E-state index contributed by atoms with van der Waals surface area (Å²) in [6, 6.07) is 6.52. The molecule has 0 aromatic heterocycles. The quantitative estimate of drug-likeness (QED) is 0.875. The summed E-state index contributed by atoms with van der Waals surface area (Å²) in [5.41, 5.74) is 2.41. The average Bonchev–Trinajstić information content (AvgIpc) is 2.88. The van der Waals surface area contributed by atoms with E-state index in [-0.39, 0.29) is 12.2 Å². The molecule has 1 aromatic rings. The number of rotatable bonds is 6. The standard InChI is InChI=1S/C16H25ClN2O2/c1-11(2)18-8-12-5-6-13(17)7-14(12)19-9-15(20-3)16(10-19)21-4/h5-7,11,15-16,18H,8-10H2,1-4H3. The van der Waals surface area contributed by atoms with Crippen LogP contribution in [0, 0.1) is 0 Å². The zero-order valence-corrected chi connectivity index (χ0v) is 14.0. The van der Waals surface area contributed by atoms with Crippen LogP contribution < -0.4 is 10.2 Å². The molecule has 2 rings (SSSR count). The van der Waals surface area contributed by atoms with Crippen molar-refractivity contribution in [3.63, 3.8) is 0 Å². The lowest BCUT2D eigenvalue weighted by Gasteiger charge is -2.23. The van der Waals surface area contributed by atoms with Crippen molar-refractivity contribution in [2.75, 3.05) is 32.2 Å². The molecule has 118 valence electrons. The highest BCUT2D eigenvalue weighted by molar-refractivity contribution is 6.30. The molecule has 1 fully saturated rings. The summed E-state index contributed by atoms with van der Waals surface area (Å²) in [4.78, 5) is 2.30. The molecule has 1 N–H and O–H groups in total. The van der Waals surface area contributed by atoms with Gasteiger partial charge in [0.05, 0.1) is 0 Å². The van der Waals surface area contributed by atoms with Gasteiger partial charge in [0.2, 0.25) is 0 Å². The van der Waals surface area contributed by atoms with Crippen molar-refractivity contribution >= 4 is 17.3 Å². The van der Waals surface area contributed by atoms with Crippen molar-refractivity contribution in [2.45, 2.75) is 38.6 Å². The number of nitrogens with zero attached hydrogens (tertiary/aromatic N) is 1. The fourth-order valence-corrected chi connectivity index (χ4v) is 2.85. The van der Waals surface area contributed by atoms with Crippen LogP contribution in [0.25, 0.3) is 0 Å². The third-order valence-corrected chi connectivity index (χ3v) is 4.14. The molecule has 2 unspecified atom stereocenters. The summed E-state index contributed by atoms with van der Waals surface area (Å²) < 4.78 is 11.0. The average molecular weight is 313 g/mol. The number of hydrogen-bond acceptors (Lipinski definition) is 4. The van der Waals surface area contributed by atoms with E-state index in [4.69, 9.17) is 21.1 Å². The van der Waals surface area contributed by atoms with Crippen molar-refractivity contribution in [1.82, 2.24) is 5.32 Å². The second-order valence-electron chi connectivity index (χ2n) is 5.76. The van der Waals surface area contributed by atoms with Gasteiger partial charge in [-0.3, -0.25) is 0 Å². The topological polar surface area (TPSA) is 33.7 Å². The Balaban J connectivity index is 2.20. The van der Waals surface area contributed by atoms with Gasteiger partial charge >= 0.3 is 0 Å². The molecule has 0 saturated carbocycles. The second kappa shape index (κ2) is 7.45. The van der Waals surface area contributed by atoms with Crippen LogP contribution in [-0.4, -0.2) is 45.6 Å². The summed E-state index contributed by atoms with van der Waals surface area (Å²) in [6.07, 6.45) is 0.194. The van der Waals surface area contributed by atoms with E-state index in [2.05, 4.69) is 30.1 Å². The Hall–Kier alpha value is -0.810. The monoisotopic (exact) mass is 312 g/mol.